The van der Waals surface area contributed by atoms with Crippen molar-refractivity contribution < 1.29 is 17.9 Å². The Bertz CT molecular complexity index is 1070. The van der Waals surface area contributed by atoms with Crippen molar-refractivity contribution in [3.05, 3.63) is 64.0 Å². The van der Waals surface area contributed by atoms with Crippen LogP contribution in [-0.4, -0.2) is 21.4 Å². The van der Waals surface area contributed by atoms with E-state index in [0.29, 0.717) is 16.2 Å². The van der Waals surface area contributed by atoms with E-state index < -0.39 is 15.9 Å². The number of aryl methyl sites for hydroxylation is 2. The molecule has 1 heterocycles. The van der Waals surface area contributed by atoms with Gasteiger partial charge in [-0.2, -0.15) is 0 Å². The van der Waals surface area contributed by atoms with E-state index >= 15 is 0 Å². The van der Waals surface area contributed by atoms with E-state index in [4.69, 9.17) is 4.74 Å². The third-order valence-corrected chi connectivity index (χ3v) is 6.56. The average molecular weight is 389 g/mol. The molecule has 0 spiro atoms. The molecule has 0 fully saturated rings. The van der Waals surface area contributed by atoms with E-state index in [1.165, 1.54) is 11.3 Å². The van der Waals surface area contributed by atoms with Crippen LogP contribution in [0.2, 0.25) is 0 Å². The lowest BCUT2D eigenvalue weighted by molar-refractivity contribution is 0.0985. The van der Waals surface area contributed by atoms with Crippen LogP contribution in [0.1, 0.15) is 26.4 Å². The van der Waals surface area contributed by atoms with Gasteiger partial charge >= 0.3 is 0 Å². The van der Waals surface area contributed by atoms with Gasteiger partial charge in [0, 0.05) is 4.70 Å². The van der Waals surface area contributed by atoms with Gasteiger partial charge in [0.15, 0.2) is 0 Å². The fourth-order valence-electron chi connectivity index (χ4n) is 2.67. The van der Waals surface area contributed by atoms with Crippen LogP contribution in [0.3, 0.4) is 0 Å². The van der Waals surface area contributed by atoms with Gasteiger partial charge in [-0.1, -0.05) is 29.8 Å². The number of sulfonamides is 1. The van der Waals surface area contributed by atoms with Crippen molar-refractivity contribution in [2.75, 3.05) is 7.11 Å². The molecule has 0 bridgehead atoms. The lowest BCUT2D eigenvalue weighted by atomic mass is 10.1. The number of thiophene rings is 1. The molecule has 1 aromatic heterocycles. The van der Waals surface area contributed by atoms with Gasteiger partial charge in [-0.05, 0) is 48.6 Å². The highest BCUT2D eigenvalue weighted by atomic mass is 32.2. The number of methoxy groups -OCH3 is 1. The molecule has 26 heavy (non-hydrogen) atoms. The summed E-state index contributed by atoms with van der Waals surface area (Å²) in [5.74, 6) is -0.149. The highest BCUT2D eigenvalue weighted by Crippen LogP contribution is 2.33. The number of nitrogens with one attached hydrogen (secondary N) is 1. The summed E-state index contributed by atoms with van der Waals surface area (Å²) in [6, 6.07) is 12.7. The Morgan fingerprint density at radius 2 is 1.81 bits per heavy atom. The van der Waals surface area contributed by atoms with E-state index in [2.05, 4.69) is 4.72 Å². The first kappa shape index (κ1) is 18.4. The summed E-state index contributed by atoms with van der Waals surface area (Å²) in [6.45, 7) is 3.74. The zero-order valence-electron chi connectivity index (χ0n) is 14.7. The monoisotopic (exact) mass is 389 g/mol. The molecule has 0 saturated heterocycles. The number of carbonyl (C=O) groups is 1. The van der Waals surface area contributed by atoms with Crippen molar-refractivity contribution in [2.45, 2.75) is 19.6 Å². The number of fused-ring (bicyclic) bond motifs is 1. The summed E-state index contributed by atoms with van der Waals surface area (Å²) in [5.41, 5.74) is 2.42. The van der Waals surface area contributed by atoms with Crippen molar-refractivity contribution >= 4 is 37.4 Å². The summed E-state index contributed by atoms with van der Waals surface area (Å²) >= 11 is 1.27. The lowest BCUT2D eigenvalue weighted by Crippen LogP contribution is -2.31. The summed E-state index contributed by atoms with van der Waals surface area (Å²) in [4.78, 5) is 12.9. The Morgan fingerprint density at radius 3 is 2.46 bits per heavy atom. The number of amides is 1. The molecule has 0 radical (unpaired) electrons. The van der Waals surface area contributed by atoms with Crippen molar-refractivity contribution in [3.63, 3.8) is 0 Å². The molecule has 0 aliphatic rings. The van der Waals surface area contributed by atoms with Crippen LogP contribution in [-0.2, 0) is 15.8 Å². The second-order valence-corrected chi connectivity index (χ2v) is 8.87. The van der Waals surface area contributed by atoms with Crippen LogP contribution in [0.5, 0.6) is 5.75 Å². The second kappa shape index (κ2) is 7.09. The summed E-state index contributed by atoms with van der Waals surface area (Å²) < 4.78 is 33.0. The van der Waals surface area contributed by atoms with Crippen LogP contribution in [0.25, 0.3) is 10.1 Å². The van der Waals surface area contributed by atoms with Crippen molar-refractivity contribution in [3.8, 4) is 5.75 Å². The molecule has 2 aromatic carbocycles. The van der Waals surface area contributed by atoms with Gasteiger partial charge in [0.25, 0.3) is 5.91 Å². The zero-order valence-corrected chi connectivity index (χ0v) is 16.3. The van der Waals surface area contributed by atoms with Crippen LogP contribution in [0, 0.1) is 13.8 Å². The largest absolute Gasteiger partial charge is 0.497 e. The summed E-state index contributed by atoms with van der Waals surface area (Å²) in [6.07, 6.45) is 0. The van der Waals surface area contributed by atoms with Gasteiger partial charge in [0.05, 0.1) is 17.7 Å². The zero-order chi connectivity index (χ0) is 18.9. The molecular formula is C19H19NO4S2. The second-order valence-electron chi connectivity index (χ2n) is 6.09. The minimum absolute atomic E-state index is 0.239. The Labute approximate surface area is 156 Å². The predicted molar refractivity (Wildman–Crippen MR) is 104 cm³/mol. The number of rotatable bonds is 5. The molecule has 0 atom stereocenters. The maximum Gasteiger partial charge on any atom is 0.275 e. The first-order chi connectivity index (χ1) is 12.3. The summed E-state index contributed by atoms with van der Waals surface area (Å²) in [7, 11) is -2.20. The van der Waals surface area contributed by atoms with Gasteiger partial charge in [0.2, 0.25) is 10.0 Å². The van der Waals surface area contributed by atoms with Crippen LogP contribution >= 0.6 is 11.3 Å². The molecule has 0 aliphatic carbocycles. The normalized spacial score (nSPS) is 11.5. The number of hydrogen-bond acceptors (Lipinski definition) is 5. The van der Waals surface area contributed by atoms with Crippen LogP contribution < -0.4 is 9.46 Å². The molecule has 1 amide bonds. The molecule has 0 unspecified atom stereocenters. The maximum absolute atomic E-state index is 12.5. The summed E-state index contributed by atoms with van der Waals surface area (Å²) in [5, 5.41) is 0.885. The van der Waals surface area contributed by atoms with Gasteiger partial charge in [-0.25, -0.2) is 13.1 Å². The molecule has 0 saturated carbocycles. The lowest BCUT2D eigenvalue weighted by Gasteiger charge is -2.07. The van der Waals surface area contributed by atoms with E-state index in [0.717, 1.165) is 21.2 Å². The Morgan fingerprint density at radius 1 is 1.12 bits per heavy atom. The van der Waals surface area contributed by atoms with Gasteiger partial charge in [-0.3, -0.25) is 4.79 Å². The van der Waals surface area contributed by atoms with E-state index in [1.54, 1.807) is 26.2 Å². The first-order valence-corrected chi connectivity index (χ1v) is 10.4. The van der Waals surface area contributed by atoms with E-state index in [1.807, 2.05) is 37.3 Å². The Balaban J connectivity index is 1.83. The Hall–Kier alpha value is -2.38. The number of ether oxygens (including phenoxy) is 1. The molecular weight excluding hydrogens is 370 g/mol. The molecule has 5 nitrogen and oxygen atoms in total. The molecule has 0 aliphatic heterocycles. The van der Waals surface area contributed by atoms with Crippen LogP contribution in [0.4, 0.5) is 0 Å². The molecule has 136 valence electrons. The van der Waals surface area contributed by atoms with Crippen molar-refractivity contribution in [1.29, 1.82) is 0 Å². The number of carbonyl (C=O) groups excluding carboxylic acids is 1. The first-order valence-electron chi connectivity index (χ1n) is 7.96. The number of hydrogen-bond donors (Lipinski definition) is 1. The van der Waals surface area contributed by atoms with Gasteiger partial charge < -0.3 is 4.74 Å². The van der Waals surface area contributed by atoms with Crippen molar-refractivity contribution in [1.82, 2.24) is 4.72 Å². The predicted octanol–water partition coefficient (Wildman–Crippen LogP) is 3.79. The fraction of sp³-hybridized carbons (Fsp3) is 0.211. The third-order valence-electron chi connectivity index (χ3n) is 4.08. The highest BCUT2D eigenvalue weighted by Gasteiger charge is 2.21. The number of benzene rings is 2. The quantitative estimate of drug-likeness (QED) is 0.721. The van der Waals surface area contributed by atoms with Crippen molar-refractivity contribution in [2.24, 2.45) is 0 Å². The van der Waals surface area contributed by atoms with Crippen LogP contribution in [0.15, 0.2) is 42.5 Å². The third kappa shape index (κ3) is 3.89. The Kier molecular flexibility index (Phi) is 5.02. The van der Waals surface area contributed by atoms with Gasteiger partial charge in [-0.15, -0.1) is 11.3 Å². The average Bonchev–Trinajstić information content (AvgIpc) is 2.93. The topological polar surface area (TPSA) is 72.5 Å². The fourth-order valence-corrected chi connectivity index (χ4v) is 4.91. The minimum Gasteiger partial charge on any atom is -0.497 e. The minimum atomic E-state index is -3.78. The highest BCUT2D eigenvalue weighted by molar-refractivity contribution is 7.89. The SMILES string of the molecule is COc1ccc2sc(C(=O)NS(=O)(=O)Cc3ccc(C)cc3)c(C)c2c1. The maximum atomic E-state index is 12.5. The smallest absolute Gasteiger partial charge is 0.275 e. The molecule has 3 rings (SSSR count). The standard InChI is InChI=1S/C19H19NO4S2/c1-12-4-6-14(7-5-12)11-26(22,23)20-19(21)18-13(2)16-10-15(24-3)8-9-17(16)25-18/h4-10H,11H2,1-3H3,(H,20,21). The van der Waals surface area contributed by atoms with Gasteiger partial charge in [0.1, 0.15) is 5.75 Å². The van der Waals surface area contributed by atoms with E-state index in [9.17, 15) is 13.2 Å². The molecule has 1 N–H and O–H groups in total. The molecule has 7 heteroatoms. The van der Waals surface area contributed by atoms with E-state index in [-0.39, 0.29) is 5.75 Å². The molecule has 3 aromatic rings.